The van der Waals surface area contributed by atoms with Gasteiger partial charge in [-0.15, -0.1) is 0 Å². The van der Waals surface area contributed by atoms with Gasteiger partial charge in [0.1, 0.15) is 0 Å². The minimum absolute atomic E-state index is 0.133. The van der Waals surface area contributed by atoms with Crippen molar-refractivity contribution in [2.75, 3.05) is 18.5 Å². The van der Waals surface area contributed by atoms with Crippen molar-refractivity contribution in [3.8, 4) is 0 Å². The van der Waals surface area contributed by atoms with E-state index in [2.05, 4.69) is 10.6 Å². The van der Waals surface area contributed by atoms with Crippen molar-refractivity contribution in [3.05, 3.63) is 41.1 Å². The van der Waals surface area contributed by atoms with Crippen molar-refractivity contribution >= 4 is 34.9 Å². The Morgan fingerprint density at radius 2 is 1.92 bits per heavy atom. The van der Waals surface area contributed by atoms with Crippen LogP contribution >= 0.6 is 12.2 Å². The summed E-state index contributed by atoms with van der Waals surface area (Å²) in [6.45, 7) is 8.06. The highest BCUT2D eigenvalue weighted by Gasteiger charge is 2.34. The summed E-state index contributed by atoms with van der Waals surface area (Å²) in [6, 6.07) is 6.93. The van der Waals surface area contributed by atoms with Gasteiger partial charge in [0.25, 0.3) is 0 Å². The smallest absolute Gasteiger partial charge is 0.338 e. The highest BCUT2D eigenvalue weighted by Crippen LogP contribution is 2.31. The van der Waals surface area contributed by atoms with Crippen molar-refractivity contribution in [1.82, 2.24) is 10.2 Å². The SMILES string of the molecule is CCOC(=O)C1=C(C)N(CC)C(=S)NC1c1ccc(NC(C)=O)cc1. The second-order valence-corrected chi connectivity index (χ2v) is 6.04. The van der Waals surface area contributed by atoms with Crippen LogP contribution in [0, 0.1) is 0 Å². The zero-order valence-electron chi connectivity index (χ0n) is 14.9. The molecule has 0 fully saturated rings. The van der Waals surface area contributed by atoms with E-state index in [-0.39, 0.29) is 17.9 Å². The molecule has 25 heavy (non-hydrogen) atoms. The van der Waals surface area contributed by atoms with E-state index in [1.807, 2.05) is 30.9 Å². The number of carbonyl (C=O) groups is 2. The molecule has 0 saturated carbocycles. The van der Waals surface area contributed by atoms with Gasteiger partial charge in [0, 0.05) is 24.9 Å². The van der Waals surface area contributed by atoms with Crippen LogP contribution in [0.25, 0.3) is 0 Å². The Hall–Kier alpha value is -2.41. The third-order valence-electron chi connectivity index (χ3n) is 3.97. The Balaban J connectivity index is 2.42. The van der Waals surface area contributed by atoms with Crippen LogP contribution in [0.15, 0.2) is 35.5 Å². The lowest BCUT2D eigenvalue weighted by Gasteiger charge is -2.37. The standard InChI is InChI=1S/C18H23N3O3S/c1-5-21-11(3)15(17(23)24-6-2)16(20-18(21)25)13-7-9-14(10-8-13)19-12(4)22/h7-10,16H,5-6H2,1-4H3,(H,19,22)(H,20,25). The number of allylic oxidation sites excluding steroid dienone is 1. The number of hydrogen-bond donors (Lipinski definition) is 2. The van der Waals surface area contributed by atoms with Crippen molar-refractivity contribution in [1.29, 1.82) is 0 Å². The summed E-state index contributed by atoms with van der Waals surface area (Å²) >= 11 is 5.44. The molecule has 0 bridgehead atoms. The van der Waals surface area contributed by atoms with E-state index in [1.165, 1.54) is 6.92 Å². The van der Waals surface area contributed by atoms with Crippen LogP contribution in [0.2, 0.25) is 0 Å². The molecule has 1 aliphatic heterocycles. The highest BCUT2D eigenvalue weighted by atomic mass is 32.1. The summed E-state index contributed by atoms with van der Waals surface area (Å²) in [5.74, 6) is -0.490. The molecule has 0 saturated heterocycles. The third kappa shape index (κ3) is 4.17. The van der Waals surface area contributed by atoms with Gasteiger partial charge in [0.15, 0.2) is 5.11 Å². The van der Waals surface area contributed by atoms with E-state index in [1.54, 1.807) is 19.1 Å². The summed E-state index contributed by atoms with van der Waals surface area (Å²) in [4.78, 5) is 25.6. The van der Waals surface area contributed by atoms with Gasteiger partial charge in [-0.05, 0) is 50.7 Å². The first-order valence-electron chi connectivity index (χ1n) is 8.22. The molecule has 7 heteroatoms. The fraction of sp³-hybridized carbons (Fsp3) is 0.389. The van der Waals surface area contributed by atoms with E-state index in [0.29, 0.717) is 29.5 Å². The fourth-order valence-electron chi connectivity index (χ4n) is 2.85. The minimum atomic E-state index is -0.388. The number of hydrogen-bond acceptors (Lipinski definition) is 4. The summed E-state index contributed by atoms with van der Waals surface area (Å²) in [5, 5.41) is 6.52. The van der Waals surface area contributed by atoms with Crippen molar-refractivity contribution in [2.45, 2.75) is 33.7 Å². The lowest BCUT2D eigenvalue weighted by atomic mass is 9.95. The van der Waals surface area contributed by atoms with Gasteiger partial charge in [-0.2, -0.15) is 0 Å². The van der Waals surface area contributed by atoms with Gasteiger partial charge in [0.05, 0.1) is 18.2 Å². The number of nitrogens with zero attached hydrogens (tertiary/aromatic N) is 1. The van der Waals surface area contributed by atoms with Crippen LogP contribution in [-0.2, 0) is 14.3 Å². The Bertz CT molecular complexity index is 713. The molecule has 2 rings (SSSR count). The van der Waals surface area contributed by atoms with Gasteiger partial charge in [-0.25, -0.2) is 4.79 Å². The number of benzene rings is 1. The van der Waals surface area contributed by atoms with Crippen molar-refractivity contribution in [3.63, 3.8) is 0 Å². The van der Waals surface area contributed by atoms with Crippen LogP contribution in [0.1, 0.15) is 39.3 Å². The monoisotopic (exact) mass is 361 g/mol. The zero-order chi connectivity index (χ0) is 18.6. The fourth-order valence-corrected chi connectivity index (χ4v) is 3.23. The van der Waals surface area contributed by atoms with E-state index in [9.17, 15) is 9.59 Å². The van der Waals surface area contributed by atoms with Gasteiger partial charge >= 0.3 is 5.97 Å². The number of carbonyl (C=O) groups excluding carboxylic acids is 2. The molecule has 1 heterocycles. The molecule has 0 aliphatic carbocycles. The molecule has 1 aliphatic rings. The maximum absolute atomic E-state index is 12.5. The average molecular weight is 361 g/mol. The van der Waals surface area contributed by atoms with E-state index in [4.69, 9.17) is 17.0 Å². The number of amides is 1. The molecule has 6 nitrogen and oxygen atoms in total. The molecule has 1 amide bonds. The van der Waals surface area contributed by atoms with Crippen LogP contribution in [0.4, 0.5) is 5.69 Å². The van der Waals surface area contributed by atoms with Crippen LogP contribution < -0.4 is 10.6 Å². The number of esters is 1. The molecule has 1 aromatic rings. The first-order chi connectivity index (χ1) is 11.9. The lowest BCUT2D eigenvalue weighted by Crippen LogP contribution is -2.47. The number of thiocarbonyl (C=S) groups is 1. The van der Waals surface area contributed by atoms with Gasteiger partial charge in [0.2, 0.25) is 5.91 Å². The summed E-state index contributed by atoms with van der Waals surface area (Å²) in [7, 11) is 0. The Morgan fingerprint density at radius 3 is 2.44 bits per heavy atom. The lowest BCUT2D eigenvalue weighted by molar-refractivity contribution is -0.139. The maximum Gasteiger partial charge on any atom is 0.338 e. The molecule has 1 aromatic carbocycles. The second-order valence-electron chi connectivity index (χ2n) is 5.65. The zero-order valence-corrected chi connectivity index (χ0v) is 15.7. The first kappa shape index (κ1) is 18.9. The van der Waals surface area contributed by atoms with Gasteiger partial charge in [-0.1, -0.05) is 12.1 Å². The quantitative estimate of drug-likeness (QED) is 0.621. The third-order valence-corrected chi connectivity index (χ3v) is 4.31. The molecule has 2 N–H and O–H groups in total. The molecular formula is C18H23N3O3S. The van der Waals surface area contributed by atoms with Crippen LogP contribution in [-0.4, -0.2) is 35.0 Å². The summed E-state index contributed by atoms with van der Waals surface area (Å²) in [6.07, 6.45) is 0. The maximum atomic E-state index is 12.5. The Labute approximate surface area is 153 Å². The van der Waals surface area contributed by atoms with E-state index < -0.39 is 0 Å². The minimum Gasteiger partial charge on any atom is -0.463 e. The number of rotatable bonds is 5. The normalized spacial score (nSPS) is 17.2. The topological polar surface area (TPSA) is 70.7 Å². The van der Waals surface area contributed by atoms with Crippen molar-refractivity contribution < 1.29 is 14.3 Å². The Morgan fingerprint density at radius 1 is 1.28 bits per heavy atom. The summed E-state index contributed by atoms with van der Waals surface area (Å²) in [5.41, 5.74) is 2.91. The molecule has 1 unspecified atom stereocenters. The molecule has 1 atom stereocenters. The predicted octanol–water partition coefficient (Wildman–Crippen LogP) is 2.73. The highest BCUT2D eigenvalue weighted by molar-refractivity contribution is 7.80. The van der Waals surface area contributed by atoms with E-state index >= 15 is 0 Å². The number of ether oxygens (including phenoxy) is 1. The molecule has 134 valence electrons. The molecular weight excluding hydrogens is 338 g/mol. The van der Waals surface area contributed by atoms with Crippen LogP contribution in [0.3, 0.4) is 0 Å². The first-order valence-corrected chi connectivity index (χ1v) is 8.63. The molecule has 0 spiro atoms. The molecule has 0 radical (unpaired) electrons. The Kier molecular flexibility index (Phi) is 6.14. The van der Waals surface area contributed by atoms with Crippen LogP contribution in [0.5, 0.6) is 0 Å². The largest absolute Gasteiger partial charge is 0.463 e. The van der Waals surface area contributed by atoms with Gasteiger partial charge in [-0.3, -0.25) is 4.79 Å². The predicted molar refractivity (Wildman–Crippen MR) is 101 cm³/mol. The summed E-state index contributed by atoms with van der Waals surface area (Å²) < 4.78 is 5.24. The van der Waals surface area contributed by atoms with Gasteiger partial charge < -0.3 is 20.3 Å². The number of nitrogens with one attached hydrogen (secondary N) is 2. The average Bonchev–Trinajstić information content (AvgIpc) is 2.55. The van der Waals surface area contributed by atoms with Crippen molar-refractivity contribution in [2.24, 2.45) is 0 Å². The molecule has 0 aromatic heterocycles. The van der Waals surface area contributed by atoms with E-state index in [0.717, 1.165) is 11.3 Å². The number of anilines is 1. The second kappa shape index (κ2) is 8.11.